The Labute approximate surface area is 250 Å². The molecule has 2 aromatic carbocycles. The fraction of sp³-hybridized carbons (Fsp3) is 0.382. The number of aryl methyl sites for hydroxylation is 1. The largest absolute Gasteiger partial charge is 0.336 e. The maximum atomic E-state index is 13.9. The minimum Gasteiger partial charge on any atom is -0.336 e. The molecule has 1 N–H and O–H groups in total. The summed E-state index contributed by atoms with van der Waals surface area (Å²) >= 11 is 0. The third kappa shape index (κ3) is 6.32. The first-order valence-electron chi connectivity index (χ1n) is 15.1. The Morgan fingerprint density at radius 3 is 2.37 bits per heavy atom. The van der Waals surface area contributed by atoms with Gasteiger partial charge in [-0.3, -0.25) is 19.5 Å². The number of nitrogens with zero attached hydrogens (tertiary/aromatic N) is 4. The summed E-state index contributed by atoms with van der Waals surface area (Å²) < 4.78 is 29.4. The standard InChI is InChI=1S/C34H37F2N5O2/c1-24-32(33(43)40-21-19-39(20-22-40)27-14-16-34(35,36)17-15-27)29-6-2-3-7-30(29)41(24)28-11-9-26(10-12-28)38-31(42)13-8-25-5-4-18-37-23-25/h2-7,9-12,18,23,27H,8,13-17,19-22H2,1H3,(H,38,42). The van der Waals surface area contributed by atoms with Crippen LogP contribution >= 0.6 is 0 Å². The lowest BCUT2D eigenvalue weighted by molar-refractivity contribution is -0.116. The molecule has 6 rings (SSSR count). The number of fused-ring (bicyclic) bond motifs is 1. The summed E-state index contributed by atoms with van der Waals surface area (Å²) in [4.78, 5) is 34.7. The highest BCUT2D eigenvalue weighted by Gasteiger charge is 2.38. The summed E-state index contributed by atoms with van der Waals surface area (Å²) in [5, 5.41) is 3.87. The SMILES string of the molecule is Cc1c(C(=O)N2CCN(C3CCC(F)(F)CC3)CC2)c2ccccc2n1-c1ccc(NC(=O)CCc2cccnc2)cc1. The lowest BCUT2D eigenvalue weighted by atomic mass is 9.91. The van der Waals surface area contributed by atoms with Crippen molar-refractivity contribution in [2.75, 3.05) is 31.5 Å². The Balaban J connectivity index is 1.15. The molecule has 7 nitrogen and oxygen atoms in total. The van der Waals surface area contributed by atoms with Crippen molar-refractivity contribution >= 4 is 28.4 Å². The van der Waals surface area contributed by atoms with Gasteiger partial charge in [-0.1, -0.05) is 24.3 Å². The number of carbonyl (C=O) groups is 2. The quantitative estimate of drug-likeness (QED) is 0.279. The third-order valence-electron chi connectivity index (χ3n) is 8.90. The van der Waals surface area contributed by atoms with E-state index in [0.29, 0.717) is 63.1 Å². The smallest absolute Gasteiger partial charge is 0.256 e. The summed E-state index contributed by atoms with van der Waals surface area (Å²) in [5.41, 5.74) is 5.13. The van der Waals surface area contributed by atoms with Crippen molar-refractivity contribution in [2.24, 2.45) is 0 Å². The molecule has 2 aliphatic rings. The number of anilines is 1. The first-order valence-corrected chi connectivity index (χ1v) is 15.1. The van der Waals surface area contributed by atoms with Crippen LogP contribution in [-0.2, 0) is 11.2 Å². The first-order chi connectivity index (χ1) is 20.8. The van der Waals surface area contributed by atoms with Crippen LogP contribution in [0.3, 0.4) is 0 Å². The predicted molar refractivity (Wildman–Crippen MR) is 164 cm³/mol. The van der Waals surface area contributed by atoms with Crippen molar-refractivity contribution < 1.29 is 18.4 Å². The van der Waals surface area contributed by atoms with Crippen LogP contribution in [0.15, 0.2) is 73.1 Å². The van der Waals surface area contributed by atoms with Crippen LogP contribution in [0, 0.1) is 6.92 Å². The van der Waals surface area contributed by atoms with Crippen LogP contribution in [0.25, 0.3) is 16.6 Å². The van der Waals surface area contributed by atoms with Gasteiger partial charge in [0.05, 0.1) is 11.1 Å². The molecule has 1 aliphatic carbocycles. The highest BCUT2D eigenvalue weighted by Crippen LogP contribution is 2.36. The van der Waals surface area contributed by atoms with Crippen molar-refractivity contribution in [1.82, 2.24) is 19.4 Å². The van der Waals surface area contributed by atoms with E-state index in [2.05, 4.69) is 19.8 Å². The molecule has 43 heavy (non-hydrogen) atoms. The molecule has 0 bridgehead atoms. The van der Waals surface area contributed by atoms with Gasteiger partial charge in [0.15, 0.2) is 0 Å². The zero-order valence-electron chi connectivity index (χ0n) is 24.4. The van der Waals surface area contributed by atoms with Crippen LogP contribution in [0.4, 0.5) is 14.5 Å². The molecule has 224 valence electrons. The topological polar surface area (TPSA) is 70.5 Å². The van der Waals surface area contributed by atoms with Gasteiger partial charge in [0.2, 0.25) is 11.8 Å². The lowest BCUT2D eigenvalue weighted by Crippen LogP contribution is -2.53. The second-order valence-corrected chi connectivity index (χ2v) is 11.7. The van der Waals surface area contributed by atoms with Crippen LogP contribution in [0.2, 0.25) is 0 Å². The summed E-state index contributed by atoms with van der Waals surface area (Å²) in [6.45, 7) is 4.55. The average Bonchev–Trinajstić information content (AvgIpc) is 3.32. The number of hydrogen-bond donors (Lipinski definition) is 1. The van der Waals surface area contributed by atoms with Crippen molar-refractivity contribution in [3.05, 3.63) is 89.9 Å². The number of hydrogen-bond acceptors (Lipinski definition) is 4. The number of amides is 2. The number of halogens is 2. The molecule has 2 fully saturated rings. The lowest BCUT2D eigenvalue weighted by Gasteiger charge is -2.42. The van der Waals surface area contributed by atoms with Crippen molar-refractivity contribution in [1.29, 1.82) is 0 Å². The molecule has 1 saturated carbocycles. The van der Waals surface area contributed by atoms with E-state index in [9.17, 15) is 18.4 Å². The number of piperazine rings is 1. The molecular weight excluding hydrogens is 548 g/mol. The minimum atomic E-state index is -2.53. The third-order valence-corrected chi connectivity index (χ3v) is 8.90. The van der Waals surface area contributed by atoms with Crippen LogP contribution < -0.4 is 5.32 Å². The van der Waals surface area contributed by atoms with Gasteiger partial charge >= 0.3 is 0 Å². The Bertz CT molecular complexity index is 1580. The molecular formula is C34H37F2N5O2. The fourth-order valence-corrected chi connectivity index (χ4v) is 6.53. The first kappa shape index (κ1) is 29.0. The van der Waals surface area contributed by atoms with E-state index in [0.717, 1.165) is 27.8 Å². The zero-order chi connectivity index (χ0) is 30.0. The van der Waals surface area contributed by atoms with Crippen molar-refractivity contribution in [3.63, 3.8) is 0 Å². The van der Waals surface area contributed by atoms with E-state index in [-0.39, 0.29) is 30.7 Å². The van der Waals surface area contributed by atoms with E-state index in [1.165, 1.54) is 0 Å². The molecule has 3 heterocycles. The minimum absolute atomic E-state index is 0.000206. The summed E-state index contributed by atoms with van der Waals surface area (Å²) in [5.74, 6) is -2.59. The van der Waals surface area contributed by atoms with Crippen LogP contribution in [-0.4, -0.2) is 69.3 Å². The Hall–Kier alpha value is -4.11. The molecule has 0 spiro atoms. The monoisotopic (exact) mass is 585 g/mol. The number of para-hydroxylation sites is 1. The van der Waals surface area contributed by atoms with Gasteiger partial charge in [-0.15, -0.1) is 0 Å². The average molecular weight is 586 g/mol. The molecule has 1 aliphatic heterocycles. The van der Waals surface area contributed by atoms with Crippen molar-refractivity contribution in [3.8, 4) is 5.69 Å². The molecule has 2 aromatic heterocycles. The molecule has 2 amide bonds. The molecule has 4 aromatic rings. The second kappa shape index (κ2) is 12.2. The Morgan fingerprint density at radius 2 is 1.67 bits per heavy atom. The van der Waals surface area contributed by atoms with Crippen LogP contribution in [0.5, 0.6) is 0 Å². The van der Waals surface area contributed by atoms with Gasteiger partial charge in [0, 0.05) is 86.3 Å². The number of nitrogens with one attached hydrogen (secondary N) is 1. The van der Waals surface area contributed by atoms with Gasteiger partial charge in [-0.2, -0.15) is 0 Å². The van der Waals surface area contributed by atoms with Gasteiger partial charge in [0.25, 0.3) is 5.91 Å². The number of pyridine rings is 1. The van der Waals surface area contributed by atoms with E-state index >= 15 is 0 Å². The number of rotatable bonds is 7. The highest BCUT2D eigenvalue weighted by atomic mass is 19.3. The summed E-state index contributed by atoms with van der Waals surface area (Å²) in [7, 11) is 0. The van der Waals surface area contributed by atoms with Crippen molar-refractivity contribution in [2.45, 2.75) is 57.4 Å². The maximum absolute atomic E-state index is 13.9. The van der Waals surface area contributed by atoms with Gasteiger partial charge in [-0.05, 0) is 68.1 Å². The van der Waals surface area contributed by atoms with Gasteiger partial charge in [0.1, 0.15) is 0 Å². The molecule has 0 radical (unpaired) electrons. The number of benzene rings is 2. The highest BCUT2D eigenvalue weighted by molar-refractivity contribution is 6.09. The van der Waals surface area contributed by atoms with E-state index in [1.807, 2.05) is 72.5 Å². The van der Waals surface area contributed by atoms with Gasteiger partial charge < -0.3 is 14.8 Å². The number of alkyl halides is 2. The predicted octanol–water partition coefficient (Wildman–Crippen LogP) is 6.24. The van der Waals surface area contributed by atoms with E-state index in [4.69, 9.17) is 0 Å². The van der Waals surface area contributed by atoms with E-state index in [1.54, 1.807) is 12.4 Å². The van der Waals surface area contributed by atoms with Gasteiger partial charge in [-0.25, -0.2) is 8.78 Å². The number of aromatic nitrogens is 2. The Kier molecular flexibility index (Phi) is 8.25. The van der Waals surface area contributed by atoms with E-state index < -0.39 is 5.92 Å². The molecule has 0 atom stereocenters. The normalized spacial score (nSPS) is 17.7. The molecule has 0 unspecified atom stereocenters. The Morgan fingerprint density at radius 1 is 0.953 bits per heavy atom. The molecule has 9 heteroatoms. The summed E-state index contributed by atoms with van der Waals surface area (Å²) in [6, 6.07) is 19.6. The fourth-order valence-electron chi connectivity index (χ4n) is 6.53. The summed E-state index contributed by atoms with van der Waals surface area (Å²) in [6.07, 6.45) is 5.41. The maximum Gasteiger partial charge on any atom is 0.256 e. The molecule has 1 saturated heterocycles. The second-order valence-electron chi connectivity index (χ2n) is 11.7. The number of carbonyl (C=O) groups excluding carboxylic acids is 2. The zero-order valence-corrected chi connectivity index (χ0v) is 24.4. The van der Waals surface area contributed by atoms with Crippen LogP contribution in [0.1, 0.15) is 53.7 Å².